The van der Waals surface area contributed by atoms with Gasteiger partial charge in [-0.1, -0.05) is 41.6 Å². The highest BCUT2D eigenvalue weighted by Gasteiger charge is 2.01. The van der Waals surface area contributed by atoms with Gasteiger partial charge in [0.15, 0.2) is 0 Å². The van der Waals surface area contributed by atoms with E-state index in [9.17, 15) is 4.79 Å². The van der Waals surface area contributed by atoms with Crippen molar-refractivity contribution < 1.29 is 4.79 Å². The molecule has 1 N–H and O–H groups in total. The number of rotatable bonds is 3. The second kappa shape index (κ2) is 5.55. The molecule has 0 aliphatic rings. The third kappa shape index (κ3) is 3.24. The Morgan fingerprint density at radius 1 is 0.882 bits per heavy atom. The molecule has 0 aliphatic heterocycles. The molecule has 2 rings (SSSR count). The van der Waals surface area contributed by atoms with Gasteiger partial charge in [-0.05, 0) is 24.3 Å². The van der Waals surface area contributed by atoms with Crippen LogP contribution in [0.5, 0.6) is 0 Å². The molecule has 0 fully saturated rings. The number of nitrogens with zero attached hydrogens (tertiary/aromatic N) is 2. The molecule has 0 unspecified atom stereocenters. The topological polar surface area (TPSA) is 53.8 Å². The first-order valence-corrected chi connectivity index (χ1v) is 5.17. The number of hydrogen-bond donors (Lipinski definition) is 1. The number of carbonyl (C=O) groups excluding carboxylic acids is 1. The molecule has 0 aliphatic carbocycles. The third-order valence-corrected chi connectivity index (χ3v) is 2.11. The van der Waals surface area contributed by atoms with Crippen LogP contribution in [0.15, 0.2) is 71.0 Å². The fourth-order valence-corrected chi connectivity index (χ4v) is 1.28. The summed E-state index contributed by atoms with van der Waals surface area (Å²) in [7, 11) is 0. The molecule has 0 heterocycles. The molecule has 0 aromatic heterocycles. The van der Waals surface area contributed by atoms with E-state index in [1.54, 1.807) is 36.4 Å². The standard InChI is InChI=1S/C13H11N3O/c17-13(11-7-3-1-4-8-11)15-16-14-12-9-5-2-6-10-12/h1-10H,(H,14,15,17). The summed E-state index contributed by atoms with van der Waals surface area (Å²) in [6, 6.07) is 18.1. The second-order valence-corrected chi connectivity index (χ2v) is 3.34. The van der Waals surface area contributed by atoms with E-state index in [4.69, 9.17) is 0 Å². The zero-order chi connectivity index (χ0) is 11.9. The van der Waals surface area contributed by atoms with Crippen molar-refractivity contribution in [3.63, 3.8) is 0 Å². The molecule has 0 atom stereocenters. The number of benzene rings is 2. The van der Waals surface area contributed by atoms with Crippen molar-refractivity contribution in [3.8, 4) is 0 Å². The first kappa shape index (κ1) is 11.0. The molecule has 2 aromatic rings. The first-order chi connectivity index (χ1) is 8.36. The summed E-state index contributed by atoms with van der Waals surface area (Å²) in [5.74, 6) is -0.273. The Bertz CT molecular complexity index is 509. The Balaban J connectivity index is 1.95. The van der Waals surface area contributed by atoms with Gasteiger partial charge in [-0.2, -0.15) is 0 Å². The summed E-state index contributed by atoms with van der Waals surface area (Å²) in [5.41, 5.74) is 3.62. The Hall–Kier alpha value is -2.49. The highest BCUT2D eigenvalue weighted by molar-refractivity contribution is 5.93. The molecule has 0 radical (unpaired) electrons. The molecule has 0 saturated carbocycles. The van der Waals surface area contributed by atoms with Crippen LogP contribution in [0.1, 0.15) is 10.4 Å². The van der Waals surface area contributed by atoms with Crippen molar-refractivity contribution in [2.75, 3.05) is 0 Å². The van der Waals surface area contributed by atoms with Gasteiger partial charge in [0.2, 0.25) is 0 Å². The number of amides is 1. The van der Waals surface area contributed by atoms with E-state index in [1.807, 2.05) is 24.3 Å². The largest absolute Gasteiger partial charge is 0.272 e. The maximum atomic E-state index is 11.6. The minimum absolute atomic E-state index is 0.273. The summed E-state index contributed by atoms with van der Waals surface area (Å²) in [6.45, 7) is 0. The fourth-order valence-electron chi connectivity index (χ4n) is 1.28. The number of carbonyl (C=O) groups is 1. The van der Waals surface area contributed by atoms with Gasteiger partial charge in [-0.15, -0.1) is 5.11 Å². The lowest BCUT2D eigenvalue weighted by atomic mass is 10.2. The zero-order valence-corrected chi connectivity index (χ0v) is 9.08. The highest BCUT2D eigenvalue weighted by atomic mass is 16.2. The van der Waals surface area contributed by atoms with Crippen molar-refractivity contribution in [2.24, 2.45) is 10.3 Å². The molecule has 0 saturated heterocycles. The van der Waals surface area contributed by atoms with Gasteiger partial charge >= 0.3 is 0 Å². The van der Waals surface area contributed by atoms with Gasteiger partial charge in [0, 0.05) is 5.56 Å². The average molecular weight is 225 g/mol. The van der Waals surface area contributed by atoms with Crippen LogP contribution in [-0.4, -0.2) is 5.91 Å². The van der Waals surface area contributed by atoms with Crippen molar-refractivity contribution in [3.05, 3.63) is 66.2 Å². The average Bonchev–Trinajstić information content (AvgIpc) is 2.41. The van der Waals surface area contributed by atoms with E-state index in [-0.39, 0.29) is 5.91 Å². The van der Waals surface area contributed by atoms with Crippen LogP contribution >= 0.6 is 0 Å². The fraction of sp³-hybridized carbons (Fsp3) is 0. The second-order valence-electron chi connectivity index (χ2n) is 3.34. The van der Waals surface area contributed by atoms with Crippen molar-refractivity contribution in [1.82, 2.24) is 5.43 Å². The summed E-state index contributed by atoms with van der Waals surface area (Å²) in [4.78, 5) is 11.6. The van der Waals surface area contributed by atoms with Crippen molar-refractivity contribution >= 4 is 11.6 Å². The van der Waals surface area contributed by atoms with Crippen LogP contribution in [0.2, 0.25) is 0 Å². The predicted octanol–water partition coefficient (Wildman–Crippen LogP) is 3.12. The van der Waals surface area contributed by atoms with E-state index in [0.29, 0.717) is 11.3 Å². The van der Waals surface area contributed by atoms with Crippen LogP contribution in [-0.2, 0) is 0 Å². The van der Waals surface area contributed by atoms with Crippen molar-refractivity contribution in [1.29, 1.82) is 0 Å². The van der Waals surface area contributed by atoms with Crippen LogP contribution in [0, 0.1) is 0 Å². The molecule has 4 nitrogen and oxygen atoms in total. The quantitative estimate of drug-likeness (QED) is 0.633. The normalized spacial score (nSPS) is 10.4. The molecule has 0 bridgehead atoms. The van der Waals surface area contributed by atoms with E-state index in [0.717, 1.165) is 0 Å². The van der Waals surface area contributed by atoms with E-state index in [2.05, 4.69) is 15.8 Å². The molecule has 2 aromatic carbocycles. The van der Waals surface area contributed by atoms with Gasteiger partial charge in [-0.3, -0.25) is 4.79 Å². The van der Waals surface area contributed by atoms with E-state index >= 15 is 0 Å². The lowest BCUT2D eigenvalue weighted by molar-refractivity contribution is 0.0952. The Kier molecular flexibility index (Phi) is 3.60. The maximum absolute atomic E-state index is 11.6. The predicted molar refractivity (Wildman–Crippen MR) is 64.9 cm³/mol. The van der Waals surface area contributed by atoms with E-state index < -0.39 is 0 Å². The molecule has 0 spiro atoms. The van der Waals surface area contributed by atoms with Crippen LogP contribution < -0.4 is 5.43 Å². The van der Waals surface area contributed by atoms with Crippen LogP contribution in [0.4, 0.5) is 5.69 Å². The summed E-state index contributed by atoms with van der Waals surface area (Å²) < 4.78 is 0. The number of nitrogens with one attached hydrogen (secondary N) is 1. The summed E-state index contributed by atoms with van der Waals surface area (Å²) in [5, 5.41) is 7.51. The molecule has 17 heavy (non-hydrogen) atoms. The minimum atomic E-state index is -0.273. The highest BCUT2D eigenvalue weighted by Crippen LogP contribution is 2.09. The molecular formula is C13H11N3O. The molecular weight excluding hydrogens is 214 g/mol. The van der Waals surface area contributed by atoms with Crippen LogP contribution in [0.3, 0.4) is 0 Å². The Morgan fingerprint density at radius 3 is 2.12 bits per heavy atom. The monoisotopic (exact) mass is 225 g/mol. The molecule has 84 valence electrons. The van der Waals surface area contributed by atoms with Crippen LogP contribution in [0.25, 0.3) is 0 Å². The van der Waals surface area contributed by atoms with Gasteiger partial charge in [0.25, 0.3) is 5.91 Å². The first-order valence-electron chi connectivity index (χ1n) is 5.17. The smallest absolute Gasteiger partial charge is 0.267 e. The molecule has 1 amide bonds. The summed E-state index contributed by atoms with van der Waals surface area (Å²) in [6.07, 6.45) is 0. The van der Waals surface area contributed by atoms with Gasteiger partial charge < -0.3 is 0 Å². The van der Waals surface area contributed by atoms with E-state index in [1.165, 1.54) is 0 Å². The van der Waals surface area contributed by atoms with Gasteiger partial charge in [-0.25, -0.2) is 5.43 Å². The third-order valence-electron chi connectivity index (χ3n) is 2.11. The van der Waals surface area contributed by atoms with Gasteiger partial charge in [0.1, 0.15) is 0 Å². The lowest BCUT2D eigenvalue weighted by Crippen LogP contribution is -2.16. The maximum Gasteiger partial charge on any atom is 0.272 e. The molecule has 4 heteroatoms. The number of hydrogen-bond acceptors (Lipinski definition) is 3. The Morgan fingerprint density at radius 2 is 1.47 bits per heavy atom. The minimum Gasteiger partial charge on any atom is -0.267 e. The van der Waals surface area contributed by atoms with Crippen molar-refractivity contribution in [2.45, 2.75) is 0 Å². The summed E-state index contributed by atoms with van der Waals surface area (Å²) >= 11 is 0. The Labute approximate surface area is 99.0 Å². The van der Waals surface area contributed by atoms with Gasteiger partial charge in [0.05, 0.1) is 5.69 Å². The SMILES string of the molecule is O=C(NN=Nc1ccccc1)c1ccccc1. The lowest BCUT2D eigenvalue weighted by Gasteiger charge is -1.97. The zero-order valence-electron chi connectivity index (χ0n) is 9.08.